The number of rotatable bonds is 10. The zero-order valence-corrected chi connectivity index (χ0v) is 24.6. The van der Waals surface area contributed by atoms with Crippen molar-refractivity contribution >= 4 is 11.6 Å². The van der Waals surface area contributed by atoms with Crippen molar-refractivity contribution in [1.82, 2.24) is 15.1 Å². The summed E-state index contributed by atoms with van der Waals surface area (Å²) in [5.74, 6) is -0.262. The second-order valence-corrected chi connectivity index (χ2v) is 11.6. The number of hydrogen-bond acceptors (Lipinski definition) is 5. The van der Waals surface area contributed by atoms with Crippen molar-refractivity contribution in [3.63, 3.8) is 0 Å². The molecule has 3 unspecified atom stereocenters. The first-order chi connectivity index (χ1) is 19.3. The molecule has 5 rings (SSSR count). The van der Waals surface area contributed by atoms with Crippen LogP contribution in [0, 0.1) is 11.3 Å². The molecule has 1 aromatic carbocycles. The molecule has 212 valence electrons. The average Bonchev–Trinajstić information content (AvgIpc) is 3.59. The van der Waals surface area contributed by atoms with Crippen LogP contribution in [0.25, 0.3) is 0 Å². The first-order valence-corrected chi connectivity index (χ1v) is 14.8. The molecule has 6 nitrogen and oxygen atoms in total. The zero-order chi connectivity index (χ0) is 28.3. The van der Waals surface area contributed by atoms with E-state index in [0.29, 0.717) is 0 Å². The number of anilines is 1. The van der Waals surface area contributed by atoms with Crippen molar-refractivity contribution in [2.75, 3.05) is 44.7 Å². The highest BCUT2D eigenvalue weighted by Gasteiger charge is 2.54. The molecule has 3 atom stereocenters. The van der Waals surface area contributed by atoms with E-state index < -0.39 is 0 Å². The highest BCUT2D eigenvalue weighted by molar-refractivity contribution is 5.96. The molecule has 40 heavy (non-hydrogen) atoms. The molecule has 3 aliphatic heterocycles. The Kier molecular flexibility index (Phi) is 8.51. The van der Waals surface area contributed by atoms with E-state index >= 15 is 0 Å². The average molecular weight is 541 g/mol. The van der Waals surface area contributed by atoms with Gasteiger partial charge in [-0.05, 0) is 67.7 Å². The molecule has 2 fully saturated rings. The zero-order valence-electron chi connectivity index (χ0n) is 24.6. The lowest BCUT2D eigenvalue weighted by Gasteiger charge is -2.33. The monoisotopic (exact) mass is 540 g/mol. The normalized spacial score (nSPS) is 26.1. The van der Waals surface area contributed by atoms with Crippen LogP contribution in [0.2, 0.25) is 0 Å². The Morgan fingerprint density at radius 1 is 1.27 bits per heavy atom. The fourth-order valence-electron chi connectivity index (χ4n) is 6.30. The van der Waals surface area contributed by atoms with Crippen molar-refractivity contribution in [2.24, 2.45) is 11.3 Å². The van der Waals surface area contributed by atoms with Gasteiger partial charge in [0.25, 0.3) is 0 Å². The molecule has 1 amide bonds. The number of benzene rings is 1. The molecule has 1 aliphatic carbocycles. The van der Waals surface area contributed by atoms with Crippen LogP contribution in [-0.4, -0.2) is 61.1 Å². The largest absolute Gasteiger partial charge is 0.384 e. The fourth-order valence-corrected chi connectivity index (χ4v) is 6.30. The predicted octanol–water partition coefficient (Wildman–Crippen LogP) is 5.55. The molecule has 2 N–H and O–H groups in total. The maximum Gasteiger partial charge on any atom is 0.234 e. The first-order valence-electron chi connectivity index (χ1n) is 14.8. The topological polar surface area (TPSA) is 56.6 Å². The summed E-state index contributed by atoms with van der Waals surface area (Å²) in [5, 5.41) is 6.89. The summed E-state index contributed by atoms with van der Waals surface area (Å²) in [6.45, 7) is 18.2. The number of carbonyl (C=O) groups excluding carboxylic acids is 1. The van der Waals surface area contributed by atoms with Crippen LogP contribution in [0.1, 0.15) is 46.1 Å². The summed E-state index contributed by atoms with van der Waals surface area (Å²) < 4.78 is 5.47. The fraction of sp³-hybridized carbons (Fsp3) is 0.471. The number of fused-ring (bicyclic) bond motifs is 1. The van der Waals surface area contributed by atoms with Gasteiger partial charge in [-0.15, -0.1) is 5.73 Å². The van der Waals surface area contributed by atoms with E-state index in [2.05, 4.69) is 90.8 Å². The molecule has 0 spiro atoms. The second-order valence-electron chi connectivity index (χ2n) is 11.6. The van der Waals surface area contributed by atoms with Crippen molar-refractivity contribution < 1.29 is 9.53 Å². The molecule has 0 bridgehead atoms. The standard InChI is InChI=1S/C34H44N4O2/c1-6-26-10-12-27(13-11-26)36-33(39)31(34(5)15-8-9-24(3)14-16-34)32-30-23-28(25(4)38(30)32)29(7-2)35-17-18-37-19-21-40-22-20-37/h7-13,16,25,31,35H,2,6,15,17-23H2,1,3-5H3,(H,36,39)/b29-28-. The van der Waals surface area contributed by atoms with E-state index in [-0.39, 0.29) is 23.3 Å². The predicted molar refractivity (Wildman–Crippen MR) is 163 cm³/mol. The Balaban J connectivity index is 1.37. The minimum atomic E-state index is -0.379. The third-order valence-corrected chi connectivity index (χ3v) is 8.82. The summed E-state index contributed by atoms with van der Waals surface area (Å²) in [7, 11) is 0. The van der Waals surface area contributed by atoms with Crippen molar-refractivity contribution in [3.8, 4) is 0 Å². The molecule has 4 aliphatic rings. The Morgan fingerprint density at radius 2 is 2.02 bits per heavy atom. The minimum absolute atomic E-state index is 0.0416. The number of morpholine rings is 1. The van der Waals surface area contributed by atoms with Gasteiger partial charge in [0.15, 0.2) is 0 Å². The lowest BCUT2D eigenvalue weighted by molar-refractivity contribution is -0.121. The van der Waals surface area contributed by atoms with E-state index in [9.17, 15) is 4.79 Å². The number of nitrogens with one attached hydrogen (secondary N) is 2. The van der Waals surface area contributed by atoms with E-state index in [1.807, 2.05) is 18.2 Å². The highest BCUT2D eigenvalue weighted by Crippen LogP contribution is 2.56. The Morgan fingerprint density at radius 3 is 2.67 bits per heavy atom. The molecule has 3 heterocycles. The third-order valence-electron chi connectivity index (χ3n) is 8.82. The summed E-state index contributed by atoms with van der Waals surface area (Å²) in [5.41, 5.74) is 11.2. The van der Waals surface area contributed by atoms with Gasteiger partial charge in [0, 0.05) is 55.1 Å². The van der Waals surface area contributed by atoms with Crippen molar-refractivity contribution in [3.05, 3.63) is 94.7 Å². The van der Waals surface area contributed by atoms with Gasteiger partial charge >= 0.3 is 0 Å². The lowest BCUT2D eigenvalue weighted by atomic mass is 9.72. The minimum Gasteiger partial charge on any atom is -0.384 e. The van der Waals surface area contributed by atoms with Gasteiger partial charge in [-0.2, -0.15) is 0 Å². The number of hydrogen-bond donors (Lipinski definition) is 2. The van der Waals surface area contributed by atoms with E-state index in [4.69, 9.17) is 4.74 Å². The van der Waals surface area contributed by atoms with Crippen LogP contribution in [-0.2, 0) is 16.0 Å². The van der Waals surface area contributed by atoms with Crippen molar-refractivity contribution in [1.29, 1.82) is 0 Å². The quantitative estimate of drug-likeness (QED) is 0.381. The maximum absolute atomic E-state index is 14.0. The molecule has 1 aromatic rings. The number of allylic oxidation sites excluding steroid dienone is 5. The van der Waals surface area contributed by atoms with Gasteiger partial charge in [0.2, 0.25) is 5.91 Å². The van der Waals surface area contributed by atoms with Crippen LogP contribution >= 0.6 is 0 Å². The number of aryl methyl sites for hydroxylation is 1. The summed E-state index contributed by atoms with van der Waals surface area (Å²) in [6.07, 6.45) is 11.0. The van der Waals surface area contributed by atoms with Crippen LogP contribution in [0.15, 0.2) is 89.1 Å². The van der Waals surface area contributed by atoms with Gasteiger partial charge in [-0.3, -0.25) is 9.69 Å². The van der Waals surface area contributed by atoms with Gasteiger partial charge < -0.3 is 20.3 Å². The molecule has 0 aromatic heterocycles. The molecular formula is C34H44N4O2. The number of nitrogens with zero attached hydrogens (tertiary/aromatic N) is 2. The number of carbonyl (C=O) groups is 1. The Labute approximate surface area is 239 Å². The molecular weight excluding hydrogens is 496 g/mol. The van der Waals surface area contributed by atoms with Crippen molar-refractivity contribution in [2.45, 2.75) is 53.0 Å². The van der Waals surface area contributed by atoms with Gasteiger partial charge in [0.1, 0.15) is 0 Å². The van der Waals surface area contributed by atoms with E-state index in [0.717, 1.165) is 75.6 Å². The van der Waals surface area contributed by atoms with Crippen LogP contribution in [0.4, 0.5) is 5.69 Å². The van der Waals surface area contributed by atoms with E-state index in [1.54, 1.807) is 0 Å². The Bertz CT molecular complexity index is 1290. The summed E-state index contributed by atoms with van der Waals surface area (Å²) in [6, 6.07) is 8.39. The smallest absolute Gasteiger partial charge is 0.234 e. The Hall–Kier alpha value is -3.31. The van der Waals surface area contributed by atoms with Gasteiger partial charge in [0.05, 0.1) is 30.9 Å². The number of ether oxygens (including phenoxy) is 1. The SMILES string of the molecule is C=C/C(NCCN1CCOCC1)=C1\CC2=C(C(C(=O)Nc3ccc(CC)cc3)C3(C)C=C=C(C)C=CC3)N2C1C. The first kappa shape index (κ1) is 28.2. The van der Waals surface area contributed by atoms with Crippen LogP contribution < -0.4 is 10.6 Å². The van der Waals surface area contributed by atoms with Crippen LogP contribution in [0.5, 0.6) is 0 Å². The van der Waals surface area contributed by atoms with Crippen LogP contribution in [0.3, 0.4) is 0 Å². The molecule has 6 heteroatoms. The summed E-state index contributed by atoms with van der Waals surface area (Å²) >= 11 is 0. The molecule has 0 saturated carbocycles. The second kappa shape index (κ2) is 12.1. The maximum atomic E-state index is 14.0. The van der Waals surface area contributed by atoms with Gasteiger partial charge in [-0.25, -0.2) is 0 Å². The van der Waals surface area contributed by atoms with E-state index in [1.165, 1.54) is 22.5 Å². The third kappa shape index (κ3) is 5.90. The lowest BCUT2D eigenvalue weighted by Crippen LogP contribution is -2.40. The number of amides is 1. The summed E-state index contributed by atoms with van der Waals surface area (Å²) in [4.78, 5) is 18.9. The highest BCUT2D eigenvalue weighted by atomic mass is 16.5. The van der Waals surface area contributed by atoms with Gasteiger partial charge in [-0.1, -0.05) is 44.7 Å². The molecule has 0 radical (unpaired) electrons. The molecule has 2 saturated heterocycles.